The Hall–Kier alpha value is -1.68. The van der Waals surface area contributed by atoms with Crippen LogP contribution >= 0.6 is 0 Å². The maximum absolute atomic E-state index is 12.8. The van der Waals surface area contributed by atoms with Crippen LogP contribution in [0.3, 0.4) is 0 Å². The number of carbonyl (C=O) groups is 1. The summed E-state index contributed by atoms with van der Waals surface area (Å²) in [5, 5.41) is 10.6. The molecule has 9 heteroatoms. The van der Waals surface area contributed by atoms with Gasteiger partial charge in [-0.3, -0.25) is 4.79 Å². The van der Waals surface area contributed by atoms with Crippen molar-refractivity contribution < 1.29 is 27.8 Å². The average Bonchev–Trinajstić information content (AvgIpc) is 2.68. The zero-order valence-corrected chi connectivity index (χ0v) is 20.5. The normalized spacial score (nSPS) is 26.2. The van der Waals surface area contributed by atoms with Gasteiger partial charge in [0.2, 0.25) is 10.0 Å². The fraction of sp³-hybridized carbons (Fsp3) is 0.696. The van der Waals surface area contributed by atoms with Gasteiger partial charge >= 0.3 is 0 Å². The molecule has 2 N–H and O–H groups in total. The molecule has 2 aliphatic heterocycles. The third-order valence-electron chi connectivity index (χ3n) is 6.43. The minimum atomic E-state index is -3.47. The summed E-state index contributed by atoms with van der Waals surface area (Å²) < 4.78 is 37.9. The molecule has 3 rings (SSSR count). The van der Waals surface area contributed by atoms with Crippen LogP contribution in [0.5, 0.6) is 5.75 Å². The summed E-state index contributed by atoms with van der Waals surface area (Å²) >= 11 is 0. The first-order chi connectivity index (χ1) is 14.7. The summed E-state index contributed by atoms with van der Waals surface area (Å²) in [4.78, 5) is 14.6. The molecule has 8 nitrogen and oxygen atoms in total. The number of aliphatic hydroxyl groups is 1. The quantitative estimate of drug-likeness (QED) is 0.683. The first-order valence-electron chi connectivity index (χ1n) is 11.0. The number of para-hydroxylation sites is 1. The molecule has 1 spiro atoms. The predicted molar refractivity (Wildman–Crippen MR) is 122 cm³/mol. The molecule has 0 saturated carbocycles. The van der Waals surface area contributed by atoms with Gasteiger partial charge in [-0.05, 0) is 43.2 Å². The highest BCUT2D eigenvalue weighted by Gasteiger charge is 2.49. The minimum absolute atomic E-state index is 0.0338. The molecule has 0 bridgehead atoms. The Kier molecular flexibility index (Phi) is 6.96. The zero-order chi connectivity index (χ0) is 23.8. The van der Waals surface area contributed by atoms with Crippen molar-refractivity contribution in [3.63, 3.8) is 0 Å². The SMILES string of the molecule is CC(C)(C)c1ccccc1OCC(=O)N1CCC2(CC1)C[C@H](NS(C)(=O)=O)[C@@](C)(O)CO2. The van der Waals surface area contributed by atoms with Gasteiger partial charge in [0.25, 0.3) is 5.91 Å². The molecule has 0 unspecified atom stereocenters. The number of ether oxygens (including phenoxy) is 2. The van der Waals surface area contributed by atoms with E-state index in [4.69, 9.17) is 9.47 Å². The second-order valence-corrected chi connectivity index (χ2v) is 12.2. The van der Waals surface area contributed by atoms with Crippen LogP contribution in [-0.4, -0.2) is 74.1 Å². The summed E-state index contributed by atoms with van der Waals surface area (Å²) in [6.07, 6.45) is 2.61. The van der Waals surface area contributed by atoms with Crippen molar-refractivity contribution >= 4 is 15.9 Å². The fourth-order valence-corrected chi connectivity index (χ4v) is 5.29. The maximum Gasteiger partial charge on any atom is 0.260 e. The summed E-state index contributed by atoms with van der Waals surface area (Å²) in [7, 11) is -3.47. The molecule has 0 aliphatic carbocycles. The molecule has 0 aromatic heterocycles. The molecule has 1 amide bonds. The number of carbonyl (C=O) groups excluding carboxylic acids is 1. The van der Waals surface area contributed by atoms with Gasteiger partial charge in [-0.15, -0.1) is 0 Å². The molecule has 2 saturated heterocycles. The van der Waals surface area contributed by atoms with Crippen LogP contribution in [0.25, 0.3) is 0 Å². The van der Waals surface area contributed by atoms with Crippen molar-refractivity contribution in [1.82, 2.24) is 9.62 Å². The van der Waals surface area contributed by atoms with E-state index in [1.807, 2.05) is 24.3 Å². The van der Waals surface area contributed by atoms with E-state index >= 15 is 0 Å². The van der Waals surface area contributed by atoms with Crippen LogP contribution < -0.4 is 9.46 Å². The van der Waals surface area contributed by atoms with Crippen LogP contribution in [0, 0.1) is 0 Å². The second-order valence-electron chi connectivity index (χ2n) is 10.4. The standard InChI is InChI=1S/C23H36N2O6S/c1-21(2,3)17-8-6-7-9-18(17)30-15-20(26)25-12-10-23(11-13-25)14-19(24-32(5,28)29)22(4,27)16-31-23/h6-9,19,24,27H,10-16H2,1-5H3/t19-,22-/m0/s1. The minimum Gasteiger partial charge on any atom is -0.483 e. The van der Waals surface area contributed by atoms with Crippen molar-refractivity contribution in [2.45, 2.75) is 69.6 Å². The van der Waals surface area contributed by atoms with E-state index < -0.39 is 27.3 Å². The molecule has 2 atom stereocenters. The van der Waals surface area contributed by atoms with Crippen molar-refractivity contribution in [3.05, 3.63) is 29.8 Å². The first kappa shape index (κ1) is 25.0. The maximum atomic E-state index is 12.8. The van der Waals surface area contributed by atoms with Gasteiger partial charge in [-0.2, -0.15) is 0 Å². The van der Waals surface area contributed by atoms with E-state index in [0.717, 1.165) is 17.6 Å². The number of likely N-dealkylation sites (tertiary alicyclic amines) is 1. The van der Waals surface area contributed by atoms with Crippen molar-refractivity contribution in [2.75, 3.05) is 32.6 Å². The lowest BCUT2D eigenvalue weighted by molar-refractivity contribution is -0.191. The second kappa shape index (κ2) is 8.93. The fourth-order valence-electron chi connectivity index (χ4n) is 4.43. The third-order valence-corrected chi connectivity index (χ3v) is 7.14. The van der Waals surface area contributed by atoms with Gasteiger partial charge in [-0.25, -0.2) is 13.1 Å². The molecule has 32 heavy (non-hydrogen) atoms. The first-order valence-corrected chi connectivity index (χ1v) is 12.9. The topological polar surface area (TPSA) is 105 Å². The van der Waals surface area contributed by atoms with Gasteiger partial charge in [0.05, 0.1) is 24.5 Å². The van der Waals surface area contributed by atoms with Gasteiger partial charge in [0, 0.05) is 13.1 Å². The van der Waals surface area contributed by atoms with E-state index in [9.17, 15) is 18.3 Å². The van der Waals surface area contributed by atoms with E-state index in [2.05, 4.69) is 25.5 Å². The molecule has 0 radical (unpaired) electrons. The Balaban J connectivity index is 1.58. The largest absolute Gasteiger partial charge is 0.483 e. The van der Waals surface area contributed by atoms with Crippen molar-refractivity contribution in [2.24, 2.45) is 0 Å². The van der Waals surface area contributed by atoms with Crippen molar-refractivity contribution in [1.29, 1.82) is 0 Å². The average molecular weight is 469 g/mol. The van der Waals surface area contributed by atoms with Crippen molar-refractivity contribution in [3.8, 4) is 5.75 Å². The van der Waals surface area contributed by atoms with Gasteiger partial charge < -0.3 is 19.5 Å². The number of nitrogens with zero attached hydrogens (tertiary/aromatic N) is 1. The number of piperidine rings is 1. The number of nitrogens with one attached hydrogen (secondary N) is 1. The smallest absolute Gasteiger partial charge is 0.260 e. The number of benzene rings is 1. The molecule has 2 heterocycles. The Labute approximate surface area is 191 Å². The number of rotatable bonds is 5. The Morgan fingerprint density at radius 1 is 1.28 bits per heavy atom. The molecular weight excluding hydrogens is 432 g/mol. The summed E-state index contributed by atoms with van der Waals surface area (Å²) in [6, 6.07) is 7.13. The molecular formula is C23H36N2O6S. The highest BCUT2D eigenvalue weighted by molar-refractivity contribution is 7.88. The Morgan fingerprint density at radius 3 is 2.50 bits per heavy atom. The van der Waals surface area contributed by atoms with E-state index in [0.29, 0.717) is 32.4 Å². The molecule has 2 aliphatic rings. The summed E-state index contributed by atoms with van der Waals surface area (Å²) in [5.74, 6) is 0.631. The third kappa shape index (κ3) is 6.01. The molecule has 1 aromatic rings. The molecule has 180 valence electrons. The Bertz CT molecular complexity index is 930. The summed E-state index contributed by atoms with van der Waals surface area (Å²) in [6.45, 7) is 8.90. The lowest BCUT2D eigenvalue weighted by Crippen LogP contribution is -2.64. The zero-order valence-electron chi connectivity index (χ0n) is 19.7. The van der Waals surface area contributed by atoms with Crippen LogP contribution in [0.4, 0.5) is 0 Å². The monoisotopic (exact) mass is 468 g/mol. The van der Waals surface area contributed by atoms with E-state index in [1.54, 1.807) is 11.8 Å². The van der Waals surface area contributed by atoms with Gasteiger partial charge in [0.1, 0.15) is 11.4 Å². The highest BCUT2D eigenvalue weighted by Crippen LogP contribution is 2.38. The van der Waals surface area contributed by atoms with Crippen LogP contribution in [0.15, 0.2) is 24.3 Å². The lowest BCUT2D eigenvalue weighted by Gasteiger charge is -2.50. The van der Waals surface area contributed by atoms with Gasteiger partial charge in [-0.1, -0.05) is 39.0 Å². The van der Waals surface area contributed by atoms with Gasteiger partial charge in [0.15, 0.2) is 6.61 Å². The van der Waals surface area contributed by atoms with E-state index in [-0.39, 0.29) is 24.5 Å². The van der Waals surface area contributed by atoms with E-state index in [1.165, 1.54) is 0 Å². The van der Waals surface area contributed by atoms with Crippen LogP contribution in [0.2, 0.25) is 0 Å². The highest BCUT2D eigenvalue weighted by atomic mass is 32.2. The van der Waals surface area contributed by atoms with Crippen LogP contribution in [0.1, 0.15) is 52.5 Å². The predicted octanol–water partition coefficient (Wildman–Crippen LogP) is 1.81. The molecule has 2 fully saturated rings. The number of sulfonamides is 1. The number of hydrogen-bond acceptors (Lipinski definition) is 6. The molecule has 1 aromatic carbocycles. The summed E-state index contributed by atoms with van der Waals surface area (Å²) in [5.41, 5.74) is -0.874. The number of amides is 1. The Morgan fingerprint density at radius 2 is 1.91 bits per heavy atom. The van der Waals surface area contributed by atoms with Crippen LogP contribution in [-0.2, 0) is 25.0 Å². The lowest BCUT2D eigenvalue weighted by atomic mass is 9.78. The number of hydrogen-bond donors (Lipinski definition) is 2.